The molecule has 0 aliphatic rings. The average Bonchev–Trinajstić information content (AvgIpc) is 2.70. The Morgan fingerprint density at radius 2 is 1.38 bits per heavy atom. The standard InChI is InChI=1S/C22H21NO3/c1-26-19-14-8-13-18(15-19)21(22(24)25)23-20(16-9-4-2-5-10-16)17-11-6-3-7-12-17/h2-15,20-21,23H,1H3,(H,24,25). The molecular weight excluding hydrogens is 326 g/mol. The lowest BCUT2D eigenvalue weighted by atomic mass is 9.96. The highest BCUT2D eigenvalue weighted by Crippen LogP contribution is 2.27. The number of methoxy groups -OCH3 is 1. The van der Waals surface area contributed by atoms with Gasteiger partial charge in [0.15, 0.2) is 0 Å². The first-order valence-corrected chi connectivity index (χ1v) is 8.41. The van der Waals surface area contributed by atoms with Gasteiger partial charge in [0.1, 0.15) is 11.8 Å². The summed E-state index contributed by atoms with van der Waals surface area (Å²) in [4.78, 5) is 12.0. The van der Waals surface area contributed by atoms with Gasteiger partial charge in [-0.3, -0.25) is 10.1 Å². The van der Waals surface area contributed by atoms with Crippen molar-refractivity contribution in [3.05, 3.63) is 102 Å². The van der Waals surface area contributed by atoms with Crippen molar-refractivity contribution in [2.45, 2.75) is 12.1 Å². The summed E-state index contributed by atoms with van der Waals surface area (Å²) in [6.45, 7) is 0. The summed E-state index contributed by atoms with van der Waals surface area (Å²) >= 11 is 0. The van der Waals surface area contributed by atoms with Gasteiger partial charge < -0.3 is 9.84 Å². The number of benzene rings is 3. The van der Waals surface area contributed by atoms with Gasteiger partial charge in [0.05, 0.1) is 13.2 Å². The fraction of sp³-hybridized carbons (Fsp3) is 0.136. The molecule has 3 aromatic rings. The fourth-order valence-corrected chi connectivity index (χ4v) is 2.97. The van der Waals surface area contributed by atoms with Gasteiger partial charge in [-0.25, -0.2) is 0 Å². The summed E-state index contributed by atoms with van der Waals surface area (Å²) in [5, 5.41) is 13.1. The second kappa shape index (κ2) is 8.32. The number of aliphatic carboxylic acids is 1. The Bertz CT molecular complexity index is 810. The van der Waals surface area contributed by atoms with E-state index in [1.165, 1.54) is 0 Å². The van der Waals surface area contributed by atoms with Gasteiger partial charge in [0, 0.05) is 0 Å². The van der Waals surface area contributed by atoms with Gasteiger partial charge in [-0.05, 0) is 28.8 Å². The maximum atomic E-state index is 12.0. The third kappa shape index (κ3) is 4.10. The zero-order valence-electron chi connectivity index (χ0n) is 14.5. The van der Waals surface area contributed by atoms with E-state index in [0.717, 1.165) is 11.1 Å². The molecule has 1 atom stereocenters. The Labute approximate surface area is 153 Å². The van der Waals surface area contributed by atoms with Crippen molar-refractivity contribution in [1.82, 2.24) is 5.32 Å². The van der Waals surface area contributed by atoms with Gasteiger partial charge in [-0.15, -0.1) is 0 Å². The first kappa shape index (κ1) is 17.7. The molecule has 2 N–H and O–H groups in total. The van der Waals surface area contributed by atoms with Crippen molar-refractivity contribution in [3.63, 3.8) is 0 Å². The lowest BCUT2D eigenvalue weighted by Crippen LogP contribution is -2.32. The van der Waals surface area contributed by atoms with E-state index in [9.17, 15) is 9.90 Å². The Kier molecular flexibility index (Phi) is 5.66. The van der Waals surface area contributed by atoms with Crippen LogP contribution < -0.4 is 10.1 Å². The molecule has 0 bridgehead atoms. The van der Waals surface area contributed by atoms with Crippen LogP contribution in [0.15, 0.2) is 84.9 Å². The lowest BCUT2D eigenvalue weighted by molar-refractivity contribution is -0.139. The van der Waals surface area contributed by atoms with E-state index < -0.39 is 12.0 Å². The molecule has 4 heteroatoms. The molecule has 132 valence electrons. The van der Waals surface area contributed by atoms with E-state index in [1.807, 2.05) is 60.7 Å². The minimum atomic E-state index is -0.935. The Morgan fingerprint density at radius 3 is 1.88 bits per heavy atom. The summed E-state index contributed by atoms with van der Waals surface area (Å²) in [5.41, 5.74) is 2.66. The monoisotopic (exact) mass is 347 g/mol. The zero-order valence-corrected chi connectivity index (χ0v) is 14.5. The predicted octanol–water partition coefficient (Wildman–Crippen LogP) is 4.20. The minimum Gasteiger partial charge on any atom is -0.497 e. The summed E-state index contributed by atoms with van der Waals surface area (Å²) in [5.74, 6) is -0.304. The molecule has 0 saturated carbocycles. The van der Waals surface area contributed by atoms with Crippen LogP contribution in [0.25, 0.3) is 0 Å². The van der Waals surface area contributed by atoms with Crippen LogP contribution in [0, 0.1) is 0 Å². The van der Waals surface area contributed by atoms with Crippen LogP contribution >= 0.6 is 0 Å². The van der Waals surface area contributed by atoms with E-state index in [4.69, 9.17) is 4.74 Å². The van der Waals surface area contributed by atoms with Crippen molar-refractivity contribution in [1.29, 1.82) is 0 Å². The van der Waals surface area contributed by atoms with Crippen molar-refractivity contribution >= 4 is 5.97 Å². The minimum absolute atomic E-state index is 0.246. The Hall–Kier alpha value is -3.11. The van der Waals surface area contributed by atoms with E-state index >= 15 is 0 Å². The summed E-state index contributed by atoms with van der Waals surface area (Å²) in [6, 6.07) is 25.7. The molecule has 0 fully saturated rings. The number of carboxylic acids is 1. The van der Waals surface area contributed by atoms with E-state index in [1.54, 1.807) is 31.4 Å². The first-order chi connectivity index (χ1) is 12.7. The smallest absolute Gasteiger partial charge is 0.325 e. The quantitative estimate of drug-likeness (QED) is 0.672. The van der Waals surface area contributed by atoms with Crippen molar-refractivity contribution in [2.24, 2.45) is 0 Å². The van der Waals surface area contributed by atoms with Crippen molar-refractivity contribution < 1.29 is 14.6 Å². The molecule has 26 heavy (non-hydrogen) atoms. The molecule has 0 radical (unpaired) electrons. The zero-order chi connectivity index (χ0) is 18.4. The summed E-state index contributed by atoms with van der Waals surface area (Å²) in [7, 11) is 1.57. The van der Waals surface area contributed by atoms with Gasteiger partial charge in [0.25, 0.3) is 0 Å². The highest BCUT2D eigenvalue weighted by atomic mass is 16.5. The SMILES string of the molecule is COc1cccc(C(NC(c2ccccc2)c2ccccc2)C(=O)O)c1. The van der Waals surface area contributed by atoms with Crippen LogP contribution in [0.4, 0.5) is 0 Å². The molecule has 3 rings (SSSR count). The molecule has 0 aromatic heterocycles. The molecule has 3 aromatic carbocycles. The summed E-state index contributed by atoms with van der Waals surface area (Å²) < 4.78 is 5.24. The summed E-state index contributed by atoms with van der Waals surface area (Å²) in [6.07, 6.45) is 0. The van der Waals surface area contributed by atoms with Gasteiger partial charge in [-0.2, -0.15) is 0 Å². The molecule has 0 saturated heterocycles. The third-order valence-corrected chi connectivity index (χ3v) is 4.27. The molecule has 0 heterocycles. The Morgan fingerprint density at radius 1 is 0.846 bits per heavy atom. The lowest BCUT2D eigenvalue weighted by Gasteiger charge is -2.25. The number of hydrogen-bond acceptors (Lipinski definition) is 3. The largest absolute Gasteiger partial charge is 0.497 e. The van der Waals surface area contributed by atoms with Crippen molar-refractivity contribution in [2.75, 3.05) is 7.11 Å². The molecule has 0 amide bonds. The van der Waals surface area contributed by atoms with Gasteiger partial charge >= 0.3 is 5.97 Å². The maximum absolute atomic E-state index is 12.0. The average molecular weight is 347 g/mol. The van der Waals surface area contributed by atoms with E-state index in [2.05, 4.69) is 5.32 Å². The van der Waals surface area contributed by atoms with Gasteiger partial charge in [0.2, 0.25) is 0 Å². The third-order valence-electron chi connectivity index (χ3n) is 4.27. The molecule has 1 unspecified atom stereocenters. The van der Waals surface area contributed by atoms with Crippen molar-refractivity contribution in [3.8, 4) is 5.75 Å². The van der Waals surface area contributed by atoms with Crippen LogP contribution in [-0.2, 0) is 4.79 Å². The highest BCUT2D eigenvalue weighted by Gasteiger charge is 2.25. The maximum Gasteiger partial charge on any atom is 0.325 e. The van der Waals surface area contributed by atoms with Crippen LogP contribution in [-0.4, -0.2) is 18.2 Å². The molecule has 0 aliphatic heterocycles. The van der Waals surface area contributed by atoms with E-state index in [-0.39, 0.29) is 6.04 Å². The molecule has 0 aliphatic carbocycles. The van der Waals surface area contributed by atoms with Crippen LogP contribution in [0.1, 0.15) is 28.8 Å². The molecule has 4 nitrogen and oxygen atoms in total. The van der Waals surface area contributed by atoms with Gasteiger partial charge in [-0.1, -0.05) is 72.8 Å². The van der Waals surface area contributed by atoms with E-state index in [0.29, 0.717) is 11.3 Å². The number of carbonyl (C=O) groups is 1. The van der Waals surface area contributed by atoms with Crippen LogP contribution in [0.5, 0.6) is 5.75 Å². The van der Waals surface area contributed by atoms with Crippen LogP contribution in [0.2, 0.25) is 0 Å². The van der Waals surface area contributed by atoms with Crippen LogP contribution in [0.3, 0.4) is 0 Å². The number of hydrogen-bond donors (Lipinski definition) is 2. The molecule has 0 spiro atoms. The highest BCUT2D eigenvalue weighted by molar-refractivity contribution is 5.76. The number of carboxylic acid groups (broad SMARTS) is 1. The Balaban J connectivity index is 1.99. The normalized spacial score (nSPS) is 11.9. The second-order valence-corrected chi connectivity index (χ2v) is 5.97. The molecular formula is C22H21NO3. The number of rotatable bonds is 7. The fourth-order valence-electron chi connectivity index (χ4n) is 2.97. The number of ether oxygens (including phenoxy) is 1. The number of nitrogens with one attached hydrogen (secondary N) is 1. The second-order valence-electron chi connectivity index (χ2n) is 5.97. The first-order valence-electron chi connectivity index (χ1n) is 8.41. The topological polar surface area (TPSA) is 58.6 Å². The predicted molar refractivity (Wildman–Crippen MR) is 101 cm³/mol.